The number of nitrogens with two attached hydrogens (primary N) is 1. The fraction of sp³-hybridized carbons (Fsp3) is 0.154. The van der Waals surface area contributed by atoms with Crippen molar-refractivity contribution in [3.8, 4) is 6.07 Å². The molecule has 0 bridgehead atoms. The average Bonchev–Trinajstić information content (AvgIpc) is 2.87. The van der Waals surface area contributed by atoms with Gasteiger partial charge in [-0.05, 0) is 17.7 Å². The van der Waals surface area contributed by atoms with Crippen molar-refractivity contribution < 1.29 is 9.59 Å². The van der Waals surface area contributed by atoms with Crippen LogP contribution >= 0.6 is 11.6 Å². The van der Waals surface area contributed by atoms with Crippen molar-refractivity contribution in [2.24, 2.45) is 5.73 Å². The van der Waals surface area contributed by atoms with Gasteiger partial charge in [0.05, 0.1) is 17.6 Å². The number of halogens is 1. The van der Waals surface area contributed by atoms with Crippen molar-refractivity contribution in [1.82, 2.24) is 10.2 Å². The molecule has 2 aliphatic heterocycles. The Balaban J connectivity index is 2.14. The van der Waals surface area contributed by atoms with E-state index in [2.05, 4.69) is 5.32 Å². The van der Waals surface area contributed by atoms with E-state index in [0.29, 0.717) is 10.6 Å². The zero-order valence-corrected chi connectivity index (χ0v) is 10.9. The zero-order chi connectivity index (χ0) is 14.4. The molecule has 1 saturated heterocycles. The molecule has 0 aliphatic carbocycles. The van der Waals surface area contributed by atoms with Crippen LogP contribution < -0.4 is 11.1 Å². The molecule has 100 valence electrons. The molecule has 1 fully saturated rings. The average molecular weight is 289 g/mol. The summed E-state index contributed by atoms with van der Waals surface area (Å²) in [5, 5.41) is 12.0. The van der Waals surface area contributed by atoms with E-state index in [1.54, 1.807) is 24.3 Å². The van der Waals surface area contributed by atoms with E-state index in [9.17, 15) is 14.9 Å². The van der Waals surface area contributed by atoms with Crippen LogP contribution in [0.5, 0.6) is 0 Å². The quantitative estimate of drug-likeness (QED) is 0.755. The van der Waals surface area contributed by atoms with Gasteiger partial charge in [-0.1, -0.05) is 23.7 Å². The normalized spacial score (nSPS) is 24.7. The van der Waals surface area contributed by atoms with E-state index in [-0.39, 0.29) is 11.4 Å². The number of nitriles is 1. The SMILES string of the molecule is N#CC1=C(N)N2C(=O)NC(=O)[C@@H]2[C@H]1c1ccc(Cl)cc1. The fourth-order valence-corrected chi connectivity index (χ4v) is 2.76. The standard InChI is InChI=1S/C13H9ClN4O2/c14-7-3-1-6(2-4-7)9-8(5-15)11(16)18-10(9)12(19)17-13(18)20/h1-4,9-10H,16H2,(H,17,19,20)/t9-,10-/m0/s1. The van der Waals surface area contributed by atoms with Gasteiger partial charge in [0.2, 0.25) is 0 Å². The van der Waals surface area contributed by atoms with Crippen LogP contribution in [0.3, 0.4) is 0 Å². The molecule has 3 rings (SSSR count). The summed E-state index contributed by atoms with van der Waals surface area (Å²) >= 11 is 5.83. The van der Waals surface area contributed by atoms with Gasteiger partial charge in [-0.3, -0.25) is 15.0 Å². The Labute approximate surface area is 119 Å². The maximum atomic E-state index is 11.9. The summed E-state index contributed by atoms with van der Waals surface area (Å²) in [4.78, 5) is 24.8. The Morgan fingerprint density at radius 1 is 1.30 bits per heavy atom. The van der Waals surface area contributed by atoms with E-state index < -0.39 is 23.9 Å². The molecule has 6 nitrogen and oxygen atoms in total. The maximum absolute atomic E-state index is 11.9. The number of fused-ring (bicyclic) bond motifs is 1. The number of amides is 3. The number of rotatable bonds is 1. The van der Waals surface area contributed by atoms with Crippen LogP contribution in [0.4, 0.5) is 4.79 Å². The minimum absolute atomic E-state index is 0.0285. The molecule has 0 aromatic heterocycles. The van der Waals surface area contributed by atoms with E-state index in [1.165, 1.54) is 0 Å². The molecule has 3 N–H and O–H groups in total. The van der Waals surface area contributed by atoms with E-state index in [0.717, 1.165) is 4.90 Å². The molecule has 0 saturated carbocycles. The highest BCUT2D eigenvalue weighted by Gasteiger charge is 2.52. The zero-order valence-electron chi connectivity index (χ0n) is 10.1. The topological polar surface area (TPSA) is 99.2 Å². The molecular formula is C13H9ClN4O2. The number of urea groups is 1. The highest BCUT2D eigenvalue weighted by Crippen LogP contribution is 2.41. The lowest BCUT2D eigenvalue weighted by molar-refractivity contribution is -0.121. The van der Waals surface area contributed by atoms with Gasteiger partial charge in [-0.25, -0.2) is 4.79 Å². The minimum atomic E-state index is -0.807. The van der Waals surface area contributed by atoms with Crippen molar-refractivity contribution in [3.05, 3.63) is 46.2 Å². The van der Waals surface area contributed by atoms with Crippen LogP contribution in [0.15, 0.2) is 35.7 Å². The van der Waals surface area contributed by atoms with Crippen molar-refractivity contribution >= 4 is 23.5 Å². The number of hydrogen-bond donors (Lipinski definition) is 2. The Kier molecular flexibility index (Phi) is 2.66. The first kappa shape index (κ1) is 12.5. The Bertz CT molecular complexity index is 689. The van der Waals surface area contributed by atoms with Gasteiger partial charge in [-0.2, -0.15) is 5.26 Å². The molecule has 2 aliphatic rings. The van der Waals surface area contributed by atoms with Crippen LogP contribution in [-0.2, 0) is 4.79 Å². The summed E-state index contributed by atoms with van der Waals surface area (Å²) in [5.74, 6) is -0.993. The van der Waals surface area contributed by atoms with Gasteiger partial charge >= 0.3 is 6.03 Å². The summed E-state index contributed by atoms with van der Waals surface area (Å²) in [5.41, 5.74) is 6.77. The maximum Gasteiger partial charge on any atom is 0.330 e. The van der Waals surface area contributed by atoms with Crippen LogP contribution in [0.25, 0.3) is 0 Å². The summed E-state index contributed by atoms with van der Waals surface area (Å²) in [6.07, 6.45) is 0. The molecular weight excluding hydrogens is 280 g/mol. The molecule has 1 aromatic rings. The predicted octanol–water partition coefficient (Wildman–Crippen LogP) is 1.05. The molecule has 0 radical (unpaired) electrons. The number of hydrogen-bond acceptors (Lipinski definition) is 4. The first-order valence-corrected chi connectivity index (χ1v) is 6.21. The molecule has 2 atom stereocenters. The van der Waals surface area contributed by atoms with E-state index in [1.807, 2.05) is 6.07 Å². The van der Waals surface area contributed by atoms with Gasteiger partial charge in [0.25, 0.3) is 5.91 Å². The highest BCUT2D eigenvalue weighted by atomic mass is 35.5. The highest BCUT2D eigenvalue weighted by molar-refractivity contribution is 6.30. The number of carbonyl (C=O) groups excluding carboxylic acids is 2. The molecule has 0 spiro atoms. The van der Waals surface area contributed by atoms with Crippen LogP contribution in [0.2, 0.25) is 5.02 Å². The minimum Gasteiger partial charge on any atom is -0.384 e. The van der Waals surface area contributed by atoms with Gasteiger partial charge in [0.1, 0.15) is 11.9 Å². The smallest absolute Gasteiger partial charge is 0.330 e. The number of benzene rings is 1. The van der Waals surface area contributed by atoms with Gasteiger partial charge in [0.15, 0.2) is 0 Å². The molecule has 1 aromatic carbocycles. The summed E-state index contributed by atoms with van der Waals surface area (Å²) in [7, 11) is 0. The lowest BCUT2D eigenvalue weighted by atomic mass is 9.87. The van der Waals surface area contributed by atoms with Crippen LogP contribution in [0, 0.1) is 11.3 Å². The number of nitrogens with zero attached hydrogens (tertiary/aromatic N) is 2. The number of nitrogens with one attached hydrogen (secondary N) is 1. The third-order valence-electron chi connectivity index (χ3n) is 3.51. The fourth-order valence-electron chi connectivity index (χ4n) is 2.64. The number of carbonyl (C=O) groups is 2. The Morgan fingerprint density at radius 3 is 2.55 bits per heavy atom. The Hall–Kier alpha value is -2.52. The van der Waals surface area contributed by atoms with E-state index >= 15 is 0 Å². The van der Waals surface area contributed by atoms with Crippen LogP contribution in [0.1, 0.15) is 11.5 Å². The summed E-state index contributed by atoms with van der Waals surface area (Å²) in [6.45, 7) is 0. The molecule has 2 heterocycles. The van der Waals surface area contributed by atoms with Crippen molar-refractivity contribution in [3.63, 3.8) is 0 Å². The first-order valence-electron chi connectivity index (χ1n) is 5.84. The van der Waals surface area contributed by atoms with Crippen molar-refractivity contribution in [2.45, 2.75) is 12.0 Å². The van der Waals surface area contributed by atoms with Crippen LogP contribution in [-0.4, -0.2) is 22.9 Å². The molecule has 20 heavy (non-hydrogen) atoms. The largest absolute Gasteiger partial charge is 0.384 e. The lowest BCUT2D eigenvalue weighted by Crippen LogP contribution is -2.35. The van der Waals surface area contributed by atoms with Gasteiger partial charge < -0.3 is 5.73 Å². The molecule has 0 unspecified atom stereocenters. The molecule has 3 amide bonds. The van der Waals surface area contributed by atoms with E-state index in [4.69, 9.17) is 17.3 Å². The van der Waals surface area contributed by atoms with Crippen molar-refractivity contribution in [1.29, 1.82) is 5.26 Å². The Morgan fingerprint density at radius 2 is 1.95 bits per heavy atom. The second kappa shape index (κ2) is 4.25. The predicted molar refractivity (Wildman–Crippen MR) is 70.2 cm³/mol. The second-order valence-electron chi connectivity index (χ2n) is 4.55. The van der Waals surface area contributed by atoms with Gasteiger partial charge in [0, 0.05) is 5.02 Å². The monoisotopic (exact) mass is 288 g/mol. The number of imide groups is 1. The lowest BCUT2D eigenvalue weighted by Gasteiger charge is -2.18. The molecule has 7 heteroatoms. The first-order chi connectivity index (χ1) is 9.54. The third-order valence-corrected chi connectivity index (χ3v) is 3.76. The van der Waals surface area contributed by atoms with Crippen molar-refractivity contribution in [2.75, 3.05) is 0 Å². The third kappa shape index (κ3) is 1.57. The summed E-state index contributed by atoms with van der Waals surface area (Å²) < 4.78 is 0. The summed E-state index contributed by atoms with van der Waals surface area (Å²) in [6, 6.07) is 7.36. The second-order valence-corrected chi connectivity index (χ2v) is 4.99. The van der Waals surface area contributed by atoms with Gasteiger partial charge in [-0.15, -0.1) is 0 Å².